The van der Waals surface area contributed by atoms with Gasteiger partial charge in [0.2, 0.25) is 5.95 Å². The van der Waals surface area contributed by atoms with Crippen molar-refractivity contribution in [2.45, 2.75) is 6.92 Å². The molecule has 1 aromatic heterocycles. The van der Waals surface area contributed by atoms with Crippen LogP contribution in [0.3, 0.4) is 0 Å². The van der Waals surface area contributed by atoms with Crippen molar-refractivity contribution in [1.29, 1.82) is 0 Å². The van der Waals surface area contributed by atoms with E-state index < -0.39 is 0 Å². The Morgan fingerprint density at radius 2 is 1.78 bits per heavy atom. The molecule has 0 saturated heterocycles. The average molecular weight is 373 g/mol. The Morgan fingerprint density at radius 1 is 0.957 bits per heavy atom. The fourth-order valence-corrected chi connectivity index (χ4v) is 2.48. The molecule has 0 aliphatic carbocycles. The van der Waals surface area contributed by atoms with Crippen molar-refractivity contribution in [2.75, 3.05) is 10.6 Å². The molecule has 3 aromatic rings. The lowest BCUT2D eigenvalue weighted by Gasteiger charge is -2.10. The van der Waals surface area contributed by atoms with Gasteiger partial charge >= 0.3 is 0 Å². The number of nitrogens with zero attached hydrogens (tertiary/aromatic N) is 2. The van der Waals surface area contributed by atoms with Crippen LogP contribution < -0.4 is 10.6 Å². The lowest BCUT2D eigenvalue weighted by Crippen LogP contribution is -2.03. The van der Waals surface area contributed by atoms with Crippen LogP contribution in [0.2, 0.25) is 0 Å². The Bertz CT molecular complexity index is 838. The van der Waals surface area contributed by atoms with E-state index in [-0.39, 0.29) is 5.82 Å². The van der Waals surface area contributed by atoms with E-state index in [1.54, 1.807) is 18.2 Å². The molecule has 2 aromatic carbocycles. The summed E-state index contributed by atoms with van der Waals surface area (Å²) in [5.41, 5.74) is 2.01. The second-order valence-corrected chi connectivity index (χ2v) is 5.87. The number of aromatic nitrogens is 2. The summed E-state index contributed by atoms with van der Waals surface area (Å²) < 4.78 is 14.7. The van der Waals surface area contributed by atoms with Gasteiger partial charge in [0.25, 0.3) is 0 Å². The van der Waals surface area contributed by atoms with Crippen molar-refractivity contribution in [2.24, 2.45) is 0 Å². The molecule has 1 heterocycles. The van der Waals surface area contributed by atoms with Crippen LogP contribution in [0.5, 0.6) is 0 Å². The second-order valence-electron chi connectivity index (χ2n) is 4.96. The third-order valence-corrected chi connectivity index (χ3v) is 3.56. The molecule has 0 spiro atoms. The summed E-state index contributed by atoms with van der Waals surface area (Å²) in [6, 6.07) is 16.0. The predicted octanol–water partition coefficient (Wildman–Crippen LogP) is 5.17. The van der Waals surface area contributed by atoms with Gasteiger partial charge in [0, 0.05) is 21.9 Å². The molecule has 0 radical (unpaired) electrons. The van der Waals surface area contributed by atoms with Gasteiger partial charge in [-0.05, 0) is 37.3 Å². The van der Waals surface area contributed by atoms with Gasteiger partial charge in [-0.1, -0.05) is 34.1 Å². The summed E-state index contributed by atoms with van der Waals surface area (Å²) in [5, 5.41) is 6.12. The third-order valence-electron chi connectivity index (χ3n) is 3.07. The van der Waals surface area contributed by atoms with E-state index in [1.165, 1.54) is 6.07 Å². The largest absolute Gasteiger partial charge is 0.340 e. The number of benzene rings is 2. The van der Waals surface area contributed by atoms with E-state index in [0.29, 0.717) is 17.5 Å². The third kappa shape index (κ3) is 4.04. The van der Waals surface area contributed by atoms with Gasteiger partial charge in [-0.15, -0.1) is 0 Å². The Morgan fingerprint density at radius 3 is 2.57 bits per heavy atom. The van der Waals surface area contributed by atoms with Crippen molar-refractivity contribution in [3.8, 4) is 0 Å². The summed E-state index contributed by atoms with van der Waals surface area (Å²) >= 11 is 3.43. The molecule has 2 N–H and O–H groups in total. The number of hydrogen-bond donors (Lipinski definition) is 2. The summed E-state index contributed by atoms with van der Waals surface area (Å²) in [6.07, 6.45) is 0. The normalized spacial score (nSPS) is 10.4. The molecule has 4 nitrogen and oxygen atoms in total. The number of para-hydroxylation sites is 1. The molecule has 116 valence electrons. The van der Waals surface area contributed by atoms with Crippen LogP contribution in [0.4, 0.5) is 27.5 Å². The predicted molar refractivity (Wildman–Crippen MR) is 93.9 cm³/mol. The highest BCUT2D eigenvalue weighted by Gasteiger charge is 2.06. The summed E-state index contributed by atoms with van der Waals surface area (Å²) in [6.45, 7) is 1.86. The standard InChI is InChI=1S/C17H14BrFN4/c1-11-9-16(21-13-6-4-5-12(18)10-13)23-17(20-11)22-15-8-3-2-7-14(15)19/h2-10H,1H3,(H2,20,21,22,23). The summed E-state index contributed by atoms with van der Waals surface area (Å²) in [5.74, 6) is 0.626. The lowest BCUT2D eigenvalue weighted by atomic mass is 10.3. The van der Waals surface area contributed by atoms with Crippen LogP contribution in [0.25, 0.3) is 0 Å². The number of rotatable bonds is 4. The molecule has 3 rings (SSSR count). The van der Waals surface area contributed by atoms with Crippen molar-refractivity contribution < 1.29 is 4.39 Å². The number of anilines is 4. The number of nitrogens with one attached hydrogen (secondary N) is 2. The second kappa shape index (κ2) is 6.75. The van der Waals surface area contributed by atoms with Gasteiger partial charge in [0.15, 0.2) is 0 Å². The Labute approximate surface area is 141 Å². The average Bonchev–Trinajstić information content (AvgIpc) is 2.49. The van der Waals surface area contributed by atoms with Crippen LogP contribution in [0.15, 0.2) is 59.1 Å². The highest BCUT2D eigenvalue weighted by Crippen LogP contribution is 2.22. The molecule has 0 aliphatic rings. The SMILES string of the molecule is Cc1cc(Nc2cccc(Br)c2)nc(Nc2ccccc2F)n1. The number of hydrogen-bond acceptors (Lipinski definition) is 4. The van der Waals surface area contributed by atoms with E-state index in [4.69, 9.17) is 0 Å². The van der Waals surface area contributed by atoms with E-state index >= 15 is 0 Å². The van der Waals surface area contributed by atoms with E-state index in [2.05, 4.69) is 36.5 Å². The molecular weight excluding hydrogens is 359 g/mol. The number of aryl methyl sites for hydroxylation is 1. The van der Waals surface area contributed by atoms with Crippen LogP contribution in [0, 0.1) is 12.7 Å². The van der Waals surface area contributed by atoms with Crippen LogP contribution in [0.1, 0.15) is 5.69 Å². The van der Waals surface area contributed by atoms with Gasteiger partial charge in [-0.3, -0.25) is 0 Å². The van der Waals surface area contributed by atoms with E-state index in [0.717, 1.165) is 15.9 Å². The molecule has 0 unspecified atom stereocenters. The van der Waals surface area contributed by atoms with Crippen molar-refractivity contribution in [3.05, 3.63) is 70.6 Å². The zero-order valence-corrected chi connectivity index (χ0v) is 13.9. The topological polar surface area (TPSA) is 49.8 Å². The Hall–Kier alpha value is -2.47. The lowest BCUT2D eigenvalue weighted by molar-refractivity contribution is 0.631. The first-order valence-corrected chi connectivity index (χ1v) is 7.79. The monoisotopic (exact) mass is 372 g/mol. The zero-order chi connectivity index (χ0) is 16.2. The maximum Gasteiger partial charge on any atom is 0.229 e. The minimum atomic E-state index is -0.348. The molecule has 23 heavy (non-hydrogen) atoms. The van der Waals surface area contributed by atoms with E-state index in [1.807, 2.05) is 37.3 Å². The zero-order valence-electron chi connectivity index (χ0n) is 12.3. The number of halogens is 2. The molecule has 6 heteroatoms. The van der Waals surface area contributed by atoms with Crippen LogP contribution >= 0.6 is 15.9 Å². The molecule has 0 saturated carbocycles. The maximum absolute atomic E-state index is 13.7. The fourth-order valence-electron chi connectivity index (χ4n) is 2.09. The van der Waals surface area contributed by atoms with Crippen molar-refractivity contribution in [3.63, 3.8) is 0 Å². The fraction of sp³-hybridized carbons (Fsp3) is 0.0588. The molecule has 0 atom stereocenters. The van der Waals surface area contributed by atoms with Crippen molar-refractivity contribution in [1.82, 2.24) is 9.97 Å². The summed E-state index contributed by atoms with van der Waals surface area (Å²) in [7, 11) is 0. The first-order valence-electron chi connectivity index (χ1n) is 7.00. The molecule has 0 bridgehead atoms. The minimum Gasteiger partial charge on any atom is -0.340 e. The van der Waals surface area contributed by atoms with Crippen molar-refractivity contribution >= 4 is 39.1 Å². The first-order chi connectivity index (χ1) is 11.1. The molecular formula is C17H14BrFN4. The molecule has 0 amide bonds. The van der Waals surface area contributed by atoms with Gasteiger partial charge in [-0.25, -0.2) is 9.37 Å². The van der Waals surface area contributed by atoms with Gasteiger partial charge in [-0.2, -0.15) is 4.98 Å². The quantitative estimate of drug-likeness (QED) is 0.662. The molecule has 0 aliphatic heterocycles. The highest BCUT2D eigenvalue weighted by molar-refractivity contribution is 9.10. The maximum atomic E-state index is 13.7. The van der Waals surface area contributed by atoms with Gasteiger partial charge in [0.05, 0.1) is 5.69 Å². The van der Waals surface area contributed by atoms with E-state index in [9.17, 15) is 4.39 Å². The van der Waals surface area contributed by atoms with Crippen LogP contribution in [-0.4, -0.2) is 9.97 Å². The smallest absolute Gasteiger partial charge is 0.229 e. The first kappa shape index (κ1) is 15.4. The van der Waals surface area contributed by atoms with Gasteiger partial charge < -0.3 is 10.6 Å². The minimum absolute atomic E-state index is 0.339. The van der Waals surface area contributed by atoms with Crippen LogP contribution in [-0.2, 0) is 0 Å². The Kier molecular flexibility index (Phi) is 4.52. The Balaban J connectivity index is 1.86. The molecule has 0 fully saturated rings. The highest BCUT2D eigenvalue weighted by atomic mass is 79.9. The van der Waals surface area contributed by atoms with Gasteiger partial charge in [0.1, 0.15) is 11.6 Å². The summed E-state index contributed by atoms with van der Waals surface area (Å²) in [4.78, 5) is 8.67.